The molecule has 0 saturated heterocycles. The van der Waals surface area contributed by atoms with Crippen molar-refractivity contribution in [1.82, 2.24) is 0 Å². The number of Topliss-reactive ketones (excluding diaryl/α,β-unsaturated/α-hetero) is 1. The van der Waals surface area contributed by atoms with E-state index in [-0.39, 0.29) is 40.5 Å². The number of nitrogens with one attached hydrogen (secondary N) is 1. The minimum Gasteiger partial charge on any atom is -0.481 e. The molecule has 41 heavy (non-hydrogen) atoms. The number of rotatable bonds is 11. The van der Waals surface area contributed by atoms with Gasteiger partial charge >= 0.3 is 11.7 Å². The number of hydrogen-bond acceptors (Lipinski definition) is 8. The predicted octanol–water partition coefficient (Wildman–Crippen LogP) is 7.00. The van der Waals surface area contributed by atoms with Crippen molar-refractivity contribution in [2.24, 2.45) is 45.5 Å². The van der Waals surface area contributed by atoms with Crippen LogP contribution in [-0.4, -0.2) is 32.9 Å². The molecule has 4 rings (SSSR count). The second kappa shape index (κ2) is 12.2. The van der Waals surface area contributed by atoms with Crippen LogP contribution >= 0.6 is 0 Å². The molecule has 0 radical (unpaired) electrons. The average Bonchev–Trinajstić information content (AvgIpc) is 3.28. The number of carboxylic acids is 1. The first kappa shape index (κ1) is 30.6. The number of ketones is 1. The quantitative estimate of drug-likeness (QED) is 0.163. The molecule has 1 aromatic carbocycles. The van der Waals surface area contributed by atoms with E-state index < -0.39 is 21.5 Å². The first-order valence-corrected chi connectivity index (χ1v) is 14.8. The number of benzene rings is 1. The SMILES string of the molecule is C[C@H](CCC(=O)O)[C@H]1CCC2C(CC=NNc3ccc([N+](=O)[O-])cc3[N+](=O)[O-])C([C@@]3(C)CCCCC3=O)CC[C@@]21C. The fourth-order valence-corrected chi connectivity index (χ4v) is 8.70. The summed E-state index contributed by atoms with van der Waals surface area (Å²) in [6.07, 6.45) is 10.7. The zero-order valence-electron chi connectivity index (χ0n) is 24.2. The van der Waals surface area contributed by atoms with Crippen molar-refractivity contribution in [2.45, 2.75) is 91.4 Å². The number of carbonyl (C=O) groups excluding carboxylic acids is 1. The maximum absolute atomic E-state index is 13.3. The number of carboxylic acid groups (broad SMARTS) is 1. The Balaban J connectivity index is 1.58. The van der Waals surface area contributed by atoms with Gasteiger partial charge in [-0.15, -0.1) is 0 Å². The molecule has 3 unspecified atom stereocenters. The number of nitro benzene ring substituents is 2. The van der Waals surface area contributed by atoms with Crippen molar-refractivity contribution in [3.05, 3.63) is 38.4 Å². The molecule has 1 aromatic rings. The molecule has 11 nitrogen and oxygen atoms in total. The monoisotopic (exact) mass is 570 g/mol. The molecule has 3 aliphatic carbocycles. The highest BCUT2D eigenvalue weighted by molar-refractivity contribution is 5.85. The zero-order valence-corrected chi connectivity index (χ0v) is 24.2. The lowest BCUT2D eigenvalue weighted by atomic mass is 9.49. The lowest BCUT2D eigenvalue weighted by Gasteiger charge is -2.54. The van der Waals surface area contributed by atoms with E-state index in [1.165, 1.54) is 12.1 Å². The third-order valence-corrected chi connectivity index (χ3v) is 10.9. The smallest absolute Gasteiger partial charge is 0.303 e. The van der Waals surface area contributed by atoms with Crippen LogP contribution < -0.4 is 5.43 Å². The van der Waals surface area contributed by atoms with Gasteiger partial charge in [0, 0.05) is 30.5 Å². The van der Waals surface area contributed by atoms with Crippen LogP contribution in [0.4, 0.5) is 17.1 Å². The highest BCUT2D eigenvalue weighted by atomic mass is 16.6. The highest BCUT2D eigenvalue weighted by Crippen LogP contribution is 2.64. The van der Waals surface area contributed by atoms with Gasteiger partial charge in [0.1, 0.15) is 11.5 Å². The maximum Gasteiger partial charge on any atom is 0.303 e. The van der Waals surface area contributed by atoms with Crippen LogP contribution in [-0.2, 0) is 9.59 Å². The van der Waals surface area contributed by atoms with Gasteiger partial charge in [0.2, 0.25) is 0 Å². The van der Waals surface area contributed by atoms with Crippen LogP contribution in [0.1, 0.15) is 91.4 Å². The summed E-state index contributed by atoms with van der Waals surface area (Å²) in [5.74, 6) is 1.08. The molecular formula is C30H42N4O7. The van der Waals surface area contributed by atoms with Gasteiger partial charge < -0.3 is 5.11 Å². The predicted molar refractivity (Wildman–Crippen MR) is 155 cm³/mol. The minimum atomic E-state index is -0.765. The Bertz CT molecular complexity index is 1220. The Morgan fingerprint density at radius 1 is 1.15 bits per heavy atom. The van der Waals surface area contributed by atoms with Crippen LogP contribution in [0.5, 0.6) is 0 Å². The summed E-state index contributed by atoms with van der Waals surface area (Å²) in [7, 11) is 0. The second-order valence-electron chi connectivity index (χ2n) is 12.9. The lowest BCUT2D eigenvalue weighted by Crippen LogP contribution is -2.50. The van der Waals surface area contributed by atoms with Crippen LogP contribution in [0.25, 0.3) is 0 Å². The number of carbonyl (C=O) groups is 2. The van der Waals surface area contributed by atoms with Crippen molar-refractivity contribution < 1.29 is 24.5 Å². The molecule has 224 valence electrons. The number of nitrogens with zero attached hydrogens (tertiary/aromatic N) is 3. The van der Waals surface area contributed by atoms with E-state index in [0.717, 1.165) is 51.0 Å². The summed E-state index contributed by atoms with van der Waals surface area (Å²) in [4.78, 5) is 45.8. The van der Waals surface area contributed by atoms with Gasteiger partial charge in [-0.05, 0) is 92.4 Å². The fourth-order valence-electron chi connectivity index (χ4n) is 8.70. The van der Waals surface area contributed by atoms with E-state index in [2.05, 4.69) is 31.3 Å². The van der Waals surface area contributed by atoms with Crippen LogP contribution in [0, 0.1) is 60.6 Å². The van der Waals surface area contributed by atoms with Gasteiger partial charge in [0.05, 0.1) is 15.9 Å². The van der Waals surface area contributed by atoms with Crippen molar-refractivity contribution in [3.63, 3.8) is 0 Å². The Morgan fingerprint density at radius 2 is 1.90 bits per heavy atom. The minimum absolute atomic E-state index is 0.0472. The average molecular weight is 571 g/mol. The molecule has 0 spiro atoms. The molecule has 0 aliphatic heterocycles. The van der Waals surface area contributed by atoms with Gasteiger partial charge in [-0.2, -0.15) is 5.10 Å². The summed E-state index contributed by atoms with van der Waals surface area (Å²) < 4.78 is 0. The molecule has 2 N–H and O–H groups in total. The summed E-state index contributed by atoms with van der Waals surface area (Å²) in [6.45, 7) is 6.68. The molecule has 3 aliphatic rings. The number of non-ortho nitro benzene ring substituents is 1. The lowest BCUT2D eigenvalue weighted by molar-refractivity contribution is -0.393. The third kappa shape index (κ3) is 6.13. The first-order chi connectivity index (χ1) is 19.4. The highest BCUT2D eigenvalue weighted by Gasteiger charge is 2.58. The van der Waals surface area contributed by atoms with E-state index in [1.54, 1.807) is 6.21 Å². The molecule has 11 heteroatoms. The Morgan fingerprint density at radius 3 is 2.56 bits per heavy atom. The van der Waals surface area contributed by atoms with Crippen LogP contribution in [0.15, 0.2) is 23.3 Å². The van der Waals surface area contributed by atoms with Gasteiger partial charge in [-0.1, -0.05) is 27.2 Å². The topological polar surface area (TPSA) is 165 Å². The van der Waals surface area contributed by atoms with Crippen molar-refractivity contribution in [3.8, 4) is 0 Å². The van der Waals surface area contributed by atoms with E-state index >= 15 is 0 Å². The van der Waals surface area contributed by atoms with Crippen molar-refractivity contribution in [1.29, 1.82) is 0 Å². The van der Waals surface area contributed by atoms with Crippen LogP contribution in [0.2, 0.25) is 0 Å². The summed E-state index contributed by atoms with van der Waals surface area (Å²) in [6, 6.07) is 3.41. The Labute approximate surface area is 240 Å². The van der Waals surface area contributed by atoms with Crippen LogP contribution in [0.3, 0.4) is 0 Å². The normalized spacial score (nSPS) is 32.4. The Kier molecular flexibility index (Phi) is 9.13. The molecule has 0 amide bonds. The third-order valence-electron chi connectivity index (χ3n) is 10.9. The maximum atomic E-state index is 13.3. The molecule has 0 heterocycles. The number of anilines is 1. The van der Waals surface area contributed by atoms with E-state index in [4.69, 9.17) is 0 Å². The number of fused-ring (bicyclic) bond motifs is 1. The van der Waals surface area contributed by atoms with Crippen molar-refractivity contribution >= 4 is 35.0 Å². The zero-order chi connectivity index (χ0) is 29.9. The van der Waals surface area contributed by atoms with E-state index in [9.17, 15) is 34.9 Å². The summed E-state index contributed by atoms with van der Waals surface area (Å²) in [5, 5.41) is 36.1. The van der Waals surface area contributed by atoms with Gasteiger partial charge in [-0.3, -0.25) is 35.2 Å². The number of aliphatic carboxylic acids is 1. The number of hydrazone groups is 1. The number of hydrogen-bond donors (Lipinski definition) is 2. The first-order valence-electron chi connectivity index (χ1n) is 14.8. The molecule has 0 bridgehead atoms. The van der Waals surface area contributed by atoms with Gasteiger partial charge in [-0.25, -0.2) is 0 Å². The summed E-state index contributed by atoms with van der Waals surface area (Å²) in [5.41, 5.74) is 1.67. The molecule has 7 atom stereocenters. The standard InChI is InChI=1S/C30H42N4O7/c1-19(7-12-28(36)37)22-9-10-23-21(24(13-16-29(22,23)2)30(3)15-5-4-6-27(30)35)14-17-31-32-25-11-8-20(33(38)39)18-26(25)34(40)41/h8,11,17-19,21-24,32H,4-7,9-10,12-16H2,1-3H3,(H,36,37)/t19-,21?,22-,23?,24?,29-,30-/m1/s1. The van der Waals surface area contributed by atoms with Crippen molar-refractivity contribution in [2.75, 3.05) is 5.43 Å². The fraction of sp³-hybridized carbons (Fsp3) is 0.700. The Hall–Kier alpha value is -3.37. The summed E-state index contributed by atoms with van der Waals surface area (Å²) >= 11 is 0. The van der Waals surface area contributed by atoms with Gasteiger partial charge in [0.25, 0.3) is 5.69 Å². The molecular weight excluding hydrogens is 528 g/mol. The van der Waals surface area contributed by atoms with E-state index in [0.29, 0.717) is 42.8 Å². The number of nitro groups is 2. The molecule has 0 aromatic heterocycles. The molecule has 3 fully saturated rings. The molecule has 3 saturated carbocycles. The second-order valence-corrected chi connectivity index (χ2v) is 12.9. The van der Waals surface area contributed by atoms with E-state index in [1.807, 2.05) is 0 Å². The van der Waals surface area contributed by atoms with Gasteiger partial charge in [0.15, 0.2) is 0 Å². The largest absolute Gasteiger partial charge is 0.481 e.